The molecule has 1 heterocycles. The smallest absolute Gasteiger partial charge is 0.289 e. The van der Waals surface area contributed by atoms with E-state index in [1.54, 1.807) is 0 Å². The number of imidazole rings is 1. The van der Waals surface area contributed by atoms with Crippen LogP contribution in [0.2, 0.25) is 0 Å². The molecular weight excluding hydrogens is 1210 g/mol. The number of halogens is 30. The monoisotopic (exact) mass is 1220 g/mol. The highest BCUT2D eigenvalue weighted by Gasteiger charge is 2.59. The van der Waals surface area contributed by atoms with Crippen molar-refractivity contribution >= 4 is 45.3 Å². The Morgan fingerprint density at radius 2 is 0.506 bits per heavy atom. The predicted molar refractivity (Wildman–Crippen MR) is 225 cm³/mol. The molecule has 0 aliphatic carbocycles. The highest BCUT2D eigenvalue weighted by atomic mass is 19.2. The van der Waals surface area contributed by atoms with Crippen molar-refractivity contribution in [1.29, 1.82) is 0 Å². The fraction of sp³-hybridized carbons (Fsp3) is 0.0625. The number of benzene rings is 7. The molecule has 0 aliphatic rings. The molecule has 8 rings (SSSR count). The molecule has 83 heavy (non-hydrogen) atoms. The summed E-state index contributed by atoms with van der Waals surface area (Å²) in [6, 6.07) is 1.28. The quantitative estimate of drug-likeness (QED) is 0.0545. The van der Waals surface area contributed by atoms with E-state index in [0.29, 0.717) is 12.1 Å². The van der Waals surface area contributed by atoms with E-state index < -0.39 is 259 Å². The van der Waals surface area contributed by atoms with Crippen molar-refractivity contribution in [3.8, 4) is 11.4 Å². The average Bonchev–Trinajstić information content (AvgIpc) is 3.61. The Balaban J connectivity index is 1.94. The molecule has 8 aromatic rings. The molecule has 0 radical (unpaired) electrons. The number of hydrogen-bond acceptors (Lipinski definition) is 1. The maximum Gasteiger partial charge on any atom is 0.289 e. The molecule has 0 atom stereocenters. The average molecular weight is 1220 g/mol. The van der Waals surface area contributed by atoms with Gasteiger partial charge in [-0.15, -0.1) is 0 Å². The van der Waals surface area contributed by atoms with Crippen molar-refractivity contribution in [2.45, 2.75) is 6.54 Å². The number of rotatable bonds is 11. The zero-order valence-electron chi connectivity index (χ0n) is 39.5. The molecular formula is C48H14B2F30N3-. The maximum absolute atomic E-state index is 17.1. The molecule has 0 unspecified atom stereocenters. The van der Waals surface area contributed by atoms with Crippen LogP contribution in [0.15, 0.2) is 36.7 Å². The molecule has 35 heteroatoms. The Morgan fingerprint density at radius 3 is 0.723 bits per heavy atom. The molecule has 0 saturated heterocycles. The molecule has 0 amide bonds. The molecule has 438 valence electrons. The van der Waals surface area contributed by atoms with Crippen molar-refractivity contribution in [3.05, 3.63) is 217 Å². The van der Waals surface area contributed by atoms with Crippen LogP contribution in [0.5, 0.6) is 0 Å². The van der Waals surface area contributed by atoms with Crippen LogP contribution in [-0.2, 0) is 6.54 Å². The molecule has 3 nitrogen and oxygen atoms in total. The second kappa shape index (κ2) is 20.9. The molecule has 0 bridgehead atoms. The van der Waals surface area contributed by atoms with E-state index in [1.165, 1.54) is 19.0 Å². The second-order valence-electron chi connectivity index (χ2n) is 17.9. The Labute approximate surface area is 439 Å². The van der Waals surface area contributed by atoms with Crippen LogP contribution in [-0.4, -0.2) is 36.0 Å². The lowest BCUT2D eigenvalue weighted by Crippen LogP contribution is -2.89. The lowest BCUT2D eigenvalue weighted by atomic mass is 9.22. The minimum Gasteiger partial charge on any atom is -0.418 e. The summed E-state index contributed by atoms with van der Waals surface area (Å²) in [6.45, 7) is -0.456. The summed E-state index contributed by atoms with van der Waals surface area (Å²) < 4.78 is 483. The van der Waals surface area contributed by atoms with E-state index in [-0.39, 0.29) is 17.7 Å². The van der Waals surface area contributed by atoms with E-state index in [0.717, 1.165) is 0 Å². The van der Waals surface area contributed by atoms with Gasteiger partial charge in [0.1, 0.15) is 69.8 Å². The van der Waals surface area contributed by atoms with Gasteiger partial charge in [-0.05, 0) is 31.8 Å². The van der Waals surface area contributed by atoms with E-state index in [4.69, 9.17) is 0 Å². The first kappa shape index (κ1) is 60.8. The van der Waals surface area contributed by atoms with Gasteiger partial charge in [-0.3, -0.25) is 0 Å². The molecule has 0 spiro atoms. The number of hydrogen-bond donors (Lipinski definition) is 0. The number of aromatic nitrogens is 2. The van der Waals surface area contributed by atoms with Crippen LogP contribution < -0.4 is 37.3 Å². The van der Waals surface area contributed by atoms with Gasteiger partial charge in [0.15, 0.2) is 111 Å². The van der Waals surface area contributed by atoms with Gasteiger partial charge in [0, 0.05) is 6.54 Å². The maximum atomic E-state index is 17.1. The summed E-state index contributed by atoms with van der Waals surface area (Å²) in [4.78, 5) is 1.19. The highest BCUT2D eigenvalue weighted by Crippen LogP contribution is 2.35. The highest BCUT2D eigenvalue weighted by molar-refractivity contribution is 7.11. The van der Waals surface area contributed by atoms with Crippen LogP contribution in [0.25, 0.3) is 11.4 Å². The van der Waals surface area contributed by atoms with Crippen LogP contribution in [0.4, 0.5) is 132 Å². The van der Waals surface area contributed by atoms with Gasteiger partial charge in [0.05, 0.1) is 18.0 Å². The third kappa shape index (κ3) is 8.23. The van der Waals surface area contributed by atoms with E-state index >= 15 is 132 Å². The first-order valence-electron chi connectivity index (χ1n) is 21.9. The van der Waals surface area contributed by atoms with Crippen molar-refractivity contribution in [1.82, 2.24) is 9.38 Å². The molecule has 0 fully saturated rings. The van der Waals surface area contributed by atoms with Gasteiger partial charge in [-0.1, -0.05) is 44.9 Å². The molecule has 0 saturated carbocycles. The summed E-state index contributed by atoms with van der Waals surface area (Å²) in [7, 11) is 2.47. The minimum absolute atomic E-state index is 0.119. The normalized spacial score (nSPS) is 12.3. The molecule has 0 N–H and O–H groups in total. The van der Waals surface area contributed by atoms with Gasteiger partial charge >= 0.3 is 0 Å². The van der Waals surface area contributed by atoms with Gasteiger partial charge in [-0.2, -0.15) is 0 Å². The fourth-order valence-electron chi connectivity index (χ4n) is 10.1. The van der Waals surface area contributed by atoms with E-state index in [2.05, 4.69) is 0 Å². The Kier molecular flexibility index (Phi) is 15.3. The SMILES string of the molecule is CN(C)Cc1ccc(-c2n([B-](c3c(F)c(F)c(F)c(F)c3F)(c3c(F)c(F)c(F)c(F)c3F)c3c(F)c(F)c(F)c(F)c3F)cc[n+]2[B-](c2c(F)c(F)c(F)c(F)c2F)(c2c(F)c(F)c(F)c(F)c2F)c2c(F)c(F)c(F)c(F)c2F)cc1. The first-order valence-corrected chi connectivity index (χ1v) is 21.9. The molecule has 1 aromatic heterocycles. The van der Waals surface area contributed by atoms with E-state index in [1.807, 2.05) is 0 Å². The third-order valence-corrected chi connectivity index (χ3v) is 13.4. The van der Waals surface area contributed by atoms with E-state index in [9.17, 15) is 0 Å². The zero-order chi connectivity index (χ0) is 62.2. The minimum atomic E-state index is -7.56. The lowest BCUT2D eigenvalue weighted by Gasteiger charge is -2.44. The number of nitrogens with zero attached hydrogens (tertiary/aromatic N) is 3. The Morgan fingerprint density at radius 1 is 0.301 bits per heavy atom. The van der Waals surface area contributed by atoms with Gasteiger partial charge in [0.2, 0.25) is 0 Å². The van der Waals surface area contributed by atoms with Crippen molar-refractivity contribution in [2.24, 2.45) is 0 Å². The summed E-state index contributed by atoms with van der Waals surface area (Å²) in [6.07, 6.45) is -17.0. The molecule has 0 aliphatic heterocycles. The third-order valence-electron chi connectivity index (χ3n) is 13.4. The summed E-state index contributed by atoms with van der Waals surface area (Å²) in [5.74, 6) is -116. The predicted octanol–water partition coefficient (Wildman–Crippen LogP) is 9.71. The van der Waals surface area contributed by atoms with Gasteiger partial charge in [0.25, 0.3) is 12.6 Å². The second-order valence-corrected chi connectivity index (χ2v) is 17.9. The van der Waals surface area contributed by atoms with Crippen molar-refractivity contribution in [2.75, 3.05) is 14.1 Å². The van der Waals surface area contributed by atoms with Gasteiger partial charge in [-0.25, -0.2) is 132 Å². The summed E-state index contributed by atoms with van der Waals surface area (Å²) in [5.41, 5.74) is -24.3. The lowest BCUT2D eigenvalue weighted by molar-refractivity contribution is -0.526. The summed E-state index contributed by atoms with van der Waals surface area (Å²) >= 11 is 0. The first-order chi connectivity index (χ1) is 38.6. The largest absolute Gasteiger partial charge is 0.418 e. The fourth-order valence-corrected chi connectivity index (χ4v) is 10.1. The van der Waals surface area contributed by atoms with Crippen LogP contribution >= 0.6 is 0 Å². The Bertz CT molecular complexity index is 3380. The van der Waals surface area contributed by atoms with Crippen molar-refractivity contribution in [3.63, 3.8) is 0 Å². The van der Waals surface area contributed by atoms with Crippen LogP contribution in [0, 0.1) is 175 Å². The standard InChI is InChI=1S/C48H14B2F30N3/c1-81(2)9-10-3-5-11(6-4-10)48-82(49(12-18(51)30(63)42(75)31(64)19(12)52,13-20(53)32(65)43(76)33(66)21(13)54)14-22(55)34(67)44(77)35(68)23(14)56)7-8-83(48)50(15-24(57)36(69)45(78)37(70)25(15)58,16-26(59)38(71)46(79)39(72)27(16)60)17-28(61)40(73)47(80)41(74)29(17)62/h3-8H,9H2,1-2H3/q-1. The van der Waals surface area contributed by atoms with Crippen LogP contribution in [0.3, 0.4) is 0 Å². The topological polar surface area (TPSA) is 12.1 Å². The zero-order valence-corrected chi connectivity index (χ0v) is 39.5. The van der Waals surface area contributed by atoms with Crippen molar-refractivity contribution < 1.29 is 136 Å². The summed E-state index contributed by atoms with van der Waals surface area (Å²) in [5, 5.41) is 0. The Hall–Kier alpha value is -8.26. The molecule has 7 aromatic carbocycles. The van der Waals surface area contributed by atoms with Gasteiger partial charge < -0.3 is 13.9 Å². The van der Waals surface area contributed by atoms with Crippen LogP contribution in [0.1, 0.15) is 5.56 Å².